The number of hydrogen-bond donors (Lipinski definition) is 1. The number of benzene rings is 3. The van der Waals surface area contributed by atoms with E-state index in [0.29, 0.717) is 22.2 Å². The molecule has 0 fully saturated rings. The van der Waals surface area contributed by atoms with Crippen LogP contribution < -0.4 is 5.32 Å². The molecular weight excluding hydrogens is 446 g/mol. The number of amides is 1. The van der Waals surface area contributed by atoms with Gasteiger partial charge in [-0.1, -0.05) is 37.3 Å². The minimum absolute atomic E-state index is 0.225. The van der Waals surface area contributed by atoms with Crippen LogP contribution in [0, 0.1) is 18.6 Å². The molecule has 2 heterocycles. The summed E-state index contributed by atoms with van der Waals surface area (Å²) in [6, 6.07) is 20.0. The van der Waals surface area contributed by atoms with E-state index in [1.165, 1.54) is 5.56 Å². The van der Waals surface area contributed by atoms with E-state index < -0.39 is 17.5 Å². The summed E-state index contributed by atoms with van der Waals surface area (Å²) < 4.78 is 29.6. The van der Waals surface area contributed by atoms with Gasteiger partial charge in [0.2, 0.25) is 0 Å². The molecule has 1 N–H and O–H groups in total. The zero-order valence-electron chi connectivity index (χ0n) is 19.2. The highest BCUT2D eigenvalue weighted by atomic mass is 19.1. The lowest BCUT2D eigenvalue weighted by atomic mass is 10.0. The number of halogens is 2. The number of aromatic nitrogens is 3. The Morgan fingerprint density at radius 2 is 1.77 bits per heavy atom. The first-order valence-electron chi connectivity index (χ1n) is 11.2. The Hall–Kier alpha value is -4.39. The second kappa shape index (κ2) is 9.10. The van der Waals surface area contributed by atoms with Crippen LogP contribution in [0.25, 0.3) is 27.8 Å². The van der Waals surface area contributed by atoms with Crippen molar-refractivity contribution in [3.8, 4) is 16.9 Å². The van der Waals surface area contributed by atoms with Gasteiger partial charge in [-0.05, 0) is 55.3 Å². The molecule has 1 amide bonds. The molecule has 0 aliphatic carbocycles. The summed E-state index contributed by atoms with van der Waals surface area (Å²) in [6.07, 6.45) is 2.67. The van der Waals surface area contributed by atoms with Gasteiger partial charge in [0.25, 0.3) is 5.91 Å². The number of carbonyl (C=O) groups excluding carboxylic acids is 1. The highest BCUT2D eigenvalue weighted by Gasteiger charge is 2.18. The van der Waals surface area contributed by atoms with Crippen molar-refractivity contribution in [3.05, 3.63) is 107 Å². The fraction of sp³-hybridized carbons (Fsp3) is 0.107. The Kier molecular flexibility index (Phi) is 5.82. The van der Waals surface area contributed by atoms with Gasteiger partial charge in [-0.25, -0.2) is 18.4 Å². The summed E-state index contributed by atoms with van der Waals surface area (Å²) in [5, 5.41) is 7.64. The highest BCUT2D eigenvalue weighted by molar-refractivity contribution is 6.13. The molecule has 0 aliphatic heterocycles. The fourth-order valence-corrected chi connectivity index (χ4v) is 4.08. The lowest BCUT2D eigenvalue weighted by Crippen LogP contribution is -2.14. The van der Waals surface area contributed by atoms with Gasteiger partial charge in [0.15, 0.2) is 0 Å². The summed E-state index contributed by atoms with van der Waals surface area (Å²) in [7, 11) is 0. The number of rotatable bonds is 5. The minimum atomic E-state index is -0.718. The van der Waals surface area contributed by atoms with Crippen molar-refractivity contribution in [2.45, 2.75) is 20.3 Å². The topological polar surface area (TPSA) is 59.8 Å². The number of anilines is 1. The van der Waals surface area contributed by atoms with Gasteiger partial charge < -0.3 is 5.32 Å². The van der Waals surface area contributed by atoms with Crippen molar-refractivity contribution in [1.29, 1.82) is 0 Å². The quantitative estimate of drug-likeness (QED) is 0.321. The van der Waals surface area contributed by atoms with Crippen molar-refractivity contribution in [1.82, 2.24) is 14.8 Å². The largest absolute Gasteiger partial charge is 0.319 e. The Labute approximate surface area is 201 Å². The van der Waals surface area contributed by atoms with E-state index in [1.807, 2.05) is 35.9 Å². The molecule has 0 spiro atoms. The van der Waals surface area contributed by atoms with E-state index in [-0.39, 0.29) is 5.69 Å². The number of hydrogen-bond acceptors (Lipinski definition) is 3. The number of nitrogens with zero attached hydrogens (tertiary/aromatic N) is 3. The van der Waals surface area contributed by atoms with Crippen LogP contribution in [0.2, 0.25) is 0 Å². The zero-order chi connectivity index (χ0) is 24.5. The lowest BCUT2D eigenvalue weighted by molar-refractivity contribution is 0.102. The normalized spacial score (nSPS) is 11.1. The average molecular weight is 469 g/mol. The van der Waals surface area contributed by atoms with Gasteiger partial charge in [0.05, 0.1) is 40.0 Å². The molecule has 174 valence electrons. The zero-order valence-corrected chi connectivity index (χ0v) is 19.2. The first-order chi connectivity index (χ1) is 16.9. The summed E-state index contributed by atoms with van der Waals surface area (Å²) in [6.45, 7) is 4.04. The monoisotopic (exact) mass is 468 g/mol. The molecule has 0 atom stereocenters. The molecule has 3 aromatic carbocycles. The molecule has 5 aromatic rings. The molecule has 35 heavy (non-hydrogen) atoms. The number of nitrogens with one attached hydrogen (secondary N) is 1. The maximum absolute atomic E-state index is 14.2. The number of pyridine rings is 1. The molecule has 5 nitrogen and oxygen atoms in total. The second-order valence-electron chi connectivity index (χ2n) is 8.23. The summed E-state index contributed by atoms with van der Waals surface area (Å²) >= 11 is 0. The molecule has 0 bridgehead atoms. The van der Waals surface area contributed by atoms with E-state index in [2.05, 4.69) is 29.5 Å². The summed E-state index contributed by atoms with van der Waals surface area (Å²) in [4.78, 5) is 18.0. The van der Waals surface area contributed by atoms with Gasteiger partial charge >= 0.3 is 0 Å². The van der Waals surface area contributed by atoms with Crippen LogP contribution >= 0.6 is 0 Å². The predicted octanol–water partition coefficient (Wildman–Crippen LogP) is 6.49. The van der Waals surface area contributed by atoms with Gasteiger partial charge in [-0.3, -0.25) is 4.79 Å². The van der Waals surface area contributed by atoms with E-state index in [4.69, 9.17) is 4.98 Å². The van der Waals surface area contributed by atoms with E-state index in [1.54, 1.807) is 24.4 Å². The lowest BCUT2D eigenvalue weighted by Gasteiger charge is -2.11. The average Bonchev–Trinajstić information content (AvgIpc) is 3.26. The SMILES string of the molecule is CCc1ccc(-n2ncc(-c3cc(C(=O)Nc4cc(F)ccc4F)c4ccccc4n3)c2C)cc1. The molecule has 0 saturated carbocycles. The minimum Gasteiger partial charge on any atom is -0.319 e. The maximum atomic E-state index is 14.2. The van der Waals surface area contributed by atoms with Crippen molar-refractivity contribution in [3.63, 3.8) is 0 Å². The van der Waals surface area contributed by atoms with Crippen LogP contribution in [0.5, 0.6) is 0 Å². The first kappa shape index (κ1) is 22.4. The Bertz CT molecular complexity index is 1560. The van der Waals surface area contributed by atoms with Gasteiger partial charge in [-0.2, -0.15) is 5.10 Å². The molecule has 0 saturated heterocycles. The number of para-hydroxylation sites is 1. The molecule has 2 aromatic heterocycles. The van der Waals surface area contributed by atoms with E-state index in [0.717, 1.165) is 41.6 Å². The van der Waals surface area contributed by atoms with E-state index in [9.17, 15) is 13.6 Å². The van der Waals surface area contributed by atoms with Crippen molar-refractivity contribution in [2.75, 3.05) is 5.32 Å². The van der Waals surface area contributed by atoms with Crippen LogP contribution in [0.4, 0.5) is 14.5 Å². The molecule has 0 radical (unpaired) electrons. The van der Waals surface area contributed by atoms with Gasteiger partial charge in [0.1, 0.15) is 11.6 Å². The van der Waals surface area contributed by atoms with Crippen molar-refractivity contribution >= 4 is 22.5 Å². The molecule has 0 aliphatic rings. The standard InChI is InChI=1S/C28H22F2N4O/c1-3-18-8-11-20(12-9-18)34-17(2)23(16-31-34)26-15-22(21-6-4-5-7-25(21)32-26)28(35)33-27-14-19(29)10-13-24(27)30/h4-16H,3H2,1-2H3,(H,33,35). The van der Waals surface area contributed by atoms with Crippen LogP contribution in [0.15, 0.2) is 79.0 Å². The number of aryl methyl sites for hydroxylation is 1. The second-order valence-corrected chi connectivity index (χ2v) is 8.23. The summed E-state index contributed by atoms with van der Waals surface area (Å²) in [5.74, 6) is -1.92. The Morgan fingerprint density at radius 3 is 2.54 bits per heavy atom. The van der Waals surface area contributed by atoms with Crippen molar-refractivity contribution < 1.29 is 13.6 Å². The van der Waals surface area contributed by atoms with Crippen LogP contribution in [-0.2, 0) is 6.42 Å². The van der Waals surface area contributed by atoms with E-state index >= 15 is 0 Å². The smallest absolute Gasteiger partial charge is 0.256 e. The third kappa shape index (κ3) is 4.28. The van der Waals surface area contributed by atoms with Gasteiger partial charge in [0, 0.05) is 17.0 Å². The number of carbonyl (C=O) groups is 1. The molecular formula is C28H22F2N4O. The Morgan fingerprint density at radius 1 is 1.00 bits per heavy atom. The third-order valence-electron chi connectivity index (χ3n) is 6.01. The Balaban J connectivity index is 1.58. The molecule has 5 rings (SSSR count). The third-order valence-corrected chi connectivity index (χ3v) is 6.01. The van der Waals surface area contributed by atoms with Crippen LogP contribution in [0.3, 0.4) is 0 Å². The maximum Gasteiger partial charge on any atom is 0.256 e. The number of fused-ring (bicyclic) bond motifs is 1. The van der Waals surface area contributed by atoms with Gasteiger partial charge in [-0.15, -0.1) is 0 Å². The first-order valence-corrected chi connectivity index (χ1v) is 11.2. The van der Waals surface area contributed by atoms with Crippen molar-refractivity contribution in [2.24, 2.45) is 0 Å². The summed E-state index contributed by atoms with van der Waals surface area (Å²) in [5.41, 5.74) is 5.02. The predicted molar refractivity (Wildman–Crippen MR) is 133 cm³/mol. The molecule has 7 heteroatoms. The van der Waals surface area contributed by atoms with Crippen LogP contribution in [0.1, 0.15) is 28.5 Å². The fourth-order valence-electron chi connectivity index (χ4n) is 4.08. The molecule has 0 unspecified atom stereocenters. The van der Waals surface area contributed by atoms with Crippen LogP contribution in [-0.4, -0.2) is 20.7 Å². The highest BCUT2D eigenvalue weighted by Crippen LogP contribution is 2.29.